The van der Waals surface area contributed by atoms with Crippen LogP contribution in [0.1, 0.15) is 49.9 Å². The Hall–Kier alpha value is -0.760. The topological polar surface area (TPSA) is 17.1 Å². The Bertz CT molecular complexity index is 400. The van der Waals surface area contributed by atoms with Crippen molar-refractivity contribution in [2.45, 2.75) is 49.7 Å². The summed E-state index contributed by atoms with van der Waals surface area (Å²) in [6.07, 6.45) is 5.37. The molecule has 0 aromatic heterocycles. The molecule has 1 fully saturated rings. The zero-order valence-electron chi connectivity index (χ0n) is 10.6. The Balaban J connectivity index is 2.02. The second-order valence-electron chi connectivity index (χ2n) is 5.10. The van der Waals surface area contributed by atoms with E-state index in [1.807, 2.05) is 30.0 Å². The molecule has 0 N–H and O–H groups in total. The first-order valence-electron chi connectivity index (χ1n) is 6.43. The van der Waals surface area contributed by atoms with Crippen molar-refractivity contribution in [3.8, 4) is 0 Å². The van der Waals surface area contributed by atoms with Gasteiger partial charge in [-0.1, -0.05) is 31.9 Å². The van der Waals surface area contributed by atoms with E-state index in [1.165, 1.54) is 30.6 Å². The molecule has 17 heavy (non-hydrogen) atoms. The summed E-state index contributed by atoms with van der Waals surface area (Å²) in [4.78, 5) is 12.6. The molecule has 0 radical (unpaired) electrons. The van der Waals surface area contributed by atoms with Gasteiger partial charge < -0.3 is 0 Å². The van der Waals surface area contributed by atoms with Gasteiger partial charge in [-0.25, -0.2) is 0 Å². The summed E-state index contributed by atoms with van der Waals surface area (Å²) in [5.41, 5.74) is 0.832. The minimum Gasteiger partial charge on any atom is -0.295 e. The summed E-state index contributed by atoms with van der Waals surface area (Å²) in [6.45, 7) is 3.98. The number of carbonyl (C=O) groups is 1. The Morgan fingerprint density at radius 3 is 2.88 bits per heavy atom. The molecule has 1 aliphatic carbocycles. The van der Waals surface area contributed by atoms with Crippen molar-refractivity contribution in [3.63, 3.8) is 0 Å². The van der Waals surface area contributed by atoms with Crippen LogP contribution in [0.3, 0.4) is 0 Å². The lowest BCUT2D eigenvalue weighted by molar-refractivity contribution is 0.101. The first-order valence-corrected chi connectivity index (χ1v) is 7.31. The van der Waals surface area contributed by atoms with Crippen molar-refractivity contribution < 1.29 is 4.79 Å². The van der Waals surface area contributed by atoms with Crippen molar-refractivity contribution >= 4 is 17.5 Å². The van der Waals surface area contributed by atoms with Crippen LogP contribution in [0, 0.1) is 5.92 Å². The maximum absolute atomic E-state index is 11.3. The molecule has 2 rings (SSSR count). The maximum Gasteiger partial charge on any atom is 0.159 e. The van der Waals surface area contributed by atoms with Crippen LogP contribution in [0.25, 0.3) is 0 Å². The van der Waals surface area contributed by atoms with Gasteiger partial charge in [0.25, 0.3) is 0 Å². The second-order valence-corrected chi connectivity index (χ2v) is 6.47. The van der Waals surface area contributed by atoms with E-state index in [9.17, 15) is 4.79 Å². The van der Waals surface area contributed by atoms with Crippen LogP contribution in [0.2, 0.25) is 0 Å². The summed E-state index contributed by atoms with van der Waals surface area (Å²) in [5.74, 6) is 1.02. The molecular formula is C15H20OS. The summed E-state index contributed by atoms with van der Waals surface area (Å²) in [6, 6.07) is 8.05. The molecule has 2 heteroatoms. The number of Topliss-reactive ketones (excluding diaryl/α,β-unsaturated/α-hetero) is 1. The Morgan fingerprint density at radius 1 is 1.35 bits per heavy atom. The summed E-state index contributed by atoms with van der Waals surface area (Å²) >= 11 is 1.95. The van der Waals surface area contributed by atoms with Gasteiger partial charge in [-0.2, -0.15) is 0 Å². The fraction of sp³-hybridized carbons (Fsp3) is 0.533. The van der Waals surface area contributed by atoms with E-state index in [0.29, 0.717) is 0 Å². The molecule has 0 spiro atoms. The first-order chi connectivity index (χ1) is 8.15. The number of hydrogen-bond acceptors (Lipinski definition) is 2. The molecule has 1 aromatic carbocycles. The van der Waals surface area contributed by atoms with Gasteiger partial charge in [0, 0.05) is 15.7 Å². The van der Waals surface area contributed by atoms with Crippen molar-refractivity contribution in [2.24, 2.45) is 5.92 Å². The summed E-state index contributed by atoms with van der Waals surface area (Å²) < 4.78 is 0. The van der Waals surface area contributed by atoms with Gasteiger partial charge in [0.1, 0.15) is 0 Å². The largest absolute Gasteiger partial charge is 0.295 e. The van der Waals surface area contributed by atoms with E-state index in [4.69, 9.17) is 0 Å². The van der Waals surface area contributed by atoms with Gasteiger partial charge in [-0.05, 0) is 37.8 Å². The van der Waals surface area contributed by atoms with E-state index in [0.717, 1.165) is 16.7 Å². The van der Waals surface area contributed by atoms with Crippen LogP contribution in [-0.2, 0) is 0 Å². The number of benzene rings is 1. The Morgan fingerprint density at radius 2 is 2.18 bits per heavy atom. The average Bonchev–Trinajstić information content (AvgIpc) is 2.29. The van der Waals surface area contributed by atoms with E-state index in [-0.39, 0.29) is 5.78 Å². The fourth-order valence-electron chi connectivity index (χ4n) is 2.47. The van der Waals surface area contributed by atoms with Gasteiger partial charge in [-0.3, -0.25) is 4.79 Å². The highest BCUT2D eigenvalue weighted by atomic mass is 32.2. The number of hydrogen-bond donors (Lipinski definition) is 0. The van der Waals surface area contributed by atoms with Crippen molar-refractivity contribution in [1.82, 2.24) is 0 Å². The van der Waals surface area contributed by atoms with E-state index in [2.05, 4.69) is 13.0 Å². The molecule has 92 valence electrons. The van der Waals surface area contributed by atoms with Gasteiger partial charge in [0.2, 0.25) is 0 Å². The molecule has 1 nitrogen and oxygen atoms in total. The number of carbonyl (C=O) groups excluding carboxylic acids is 1. The molecular weight excluding hydrogens is 228 g/mol. The Kier molecular flexibility index (Phi) is 4.27. The van der Waals surface area contributed by atoms with Crippen LogP contribution in [0.5, 0.6) is 0 Å². The molecule has 1 aromatic rings. The SMILES string of the molecule is CC(=O)c1cccc(SC2CCCC(C)C2)c1. The monoisotopic (exact) mass is 248 g/mol. The lowest BCUT2D eigenvalue weighted by Gasteiger charge is -2.26. The first kappa shape index (κ1) is 12.7. The van der Waals surface area contributed by atoms with Crippen LogP contribution in [0.15, 0.2) is 29.2 Å². The van der Waals surface area contributed by atoms with Crippen LogP contribution >= 0.6 is 11.8 Å². The van der Waals surface area contributed by atoms with E-state index >= 15 is 0 Å². The molecule has 2 atom stereocenters. The minimum absolute atomic E-state index is 0.157. The van der Waals surface area contributed by atoms with E-state index in [1.54, 1.807) is 6.92 Å². The molecule has 0 amide bonds. The predicted molar refractivity (Wildman–Crippen MR) is 73.7 cm³/mol. The van der Waals surface area contributed by atoms with Crippen molar-refractivity contribution in [2.75, 3.05) is 0 Å². The zero-order valence-corrected chi connectivity index (χ0v) is 11.4. The van der Waals surface area contributed by atoms with Crippen LogP contribution in [-0.4, -0.2) is 11.0 Å². The highest BCUT2D eigenvalue weighted by Crippen LogP contribution is 2.36. The van der Waals surface area contributed by atoms with Gasteiger partial charge >= 0.3 is 0 Å². The Labute approximate surface area is 108 Å². The zero-order chi connectivity index (χ0) is 12.3. The molecule has 1 aliphatic rings. The molecule has 0 saturated heterocycles. The third-order valence-corrected chi connectivity index (χ3v) is 4.72. The molecule has 2 unspecified atom stereocenters. The number of ketones is 1. The highest BCUT2D eigenvalue weighted by Gasteiger charge is 2.19. The van der Waals surface area contributed by atoms with Gasteiger partial charge in [0.15, 0.2) is 5.78 Å². The lowest BCUT2D eigenvalue weighted by Crippen LogP contribution is -2.14. The van der Waals surface area contributed by atoms with Crippen LogP contribution < -0.4 is 0 Å². The molecule has 0 bridgehead atoms. The highest BCUT2D eigenvalue weighted by molar-refractivity contribution is 8.00. The fourth-order valence-corrected chi connectivity index (χ4v) is 3.91. The second kappa shape index (κ2) is 5.72. The quantitative estimate of drug-likeness (QED) is 0.729. The third-order valence-electron chi connectivity index (χ3n) is 3.43. The standard InChI is InChI=1S/C15H20OS/c1-11-5-3-7-14(9-11)17-15-8-4-6-13(10-15)12(2)16/h4,6,8,10-11,14H,3,5,7,9H2,1-2H3. The predicted octanol–water partition coefficient (Wildman–Crippen LogP) is 4.56. The summed E-state index contributed by atoms with van der Waals surface area (Å²) in [7, 11) is 0. The average molecular weight is 248 g/mol. The molecule has 0 aliphatic heterocycles. The van der Waals surface area contributed by atoms with Crippen molar-refractivity contribution in [1.29, 1.82) is 0 Å². The third kappa shape index (κ3) is 3.60. The minimum atomic E-state index is 0.157. The normalized spacial score (nSPS) is 24.6. The smallest absolute Gasteiger partial charge is 0.159 e. The lowest BCUT2D eigenvalue weighted by atomic mass is 9.91. The molecule has 0 heterocycles. The van der Waals surface area contributed by atoms with Gasteiger partial charge in [-0.15, -0.1) is 11.8 Å². The number of thioether (sulfide) groups is 1. The maximum atomic E-state index is 11.3. The number of rotatable bonds is 3. The molecule has 1 saturated carbocycles. The van der Waals surface area contributed by atoms with Crippen LogP contribution in [0.4, 0.5) is 0 Å². The van der Waals surface area contributed by atoms with Gasteiger partial charge in [0.05, 0.1) is 0 Å². The summed E-state index contributed by atoms with van der Waals surface area (Å²) in [5, 5.41) is 0.737. The van der Waals surface area contributed by atoms with Crippen molar-refractivity contribution in [3.05, 3.63) is 29.8 Å². The van der Waals surface area contributed by atoms with E-state index < -0.39 is 0 Å².